The number of hydrogen-bond acceptors (Lipinski definition) is 2. The minimum absolute atomic E-state index is 0.0822. The summed E-state index contributed by atoms with van der Waals surface area (Å²) in [7, 11) is 1.63. The van der Waals surface area contributed by atoms with Crippen molar-refractivity contribution >= 4 is 16.9 Å². The molecule has 19 heavy (non-hydrogen) atoms. The number of hydrogen-bond donors (Lipinski definition) is 2. The second kappa shape index (κ2) is 4.57. The number of pyridine rings is 1. The standard InChI is InChI=1S/C15H13N3O/c1-16-15(19)11-4-2-3-10(9-11)12-5-7-17-14-13(12)6-8-18-14/h2-9H,1H3,(H,16,19)(H,17,18). The average molecular weight is 251 g/mol. The van der Waals surface area contributed by atoms with Crippen molar-refractivity contribution in [1.29, 1.82) is 0 Å². The number of aromatic nitrogens is 2. The topological polar surface area (TPSA) is 57.8 Å². The molecule has 0 aliphatic heterocycles. The number of H-pyrrole nitrogens is 1. The minimum atomic E-state index is -0.0822. The van der Waals surface area contributed by atoms with Gasteiger partial charge in [0.15, 0.2) is 0 Å². The van der Waals surface area contributed by atoms with Crippen molar-refractivity contribution in [3.8, 4) is 11.1 Å². The zero-order valence-corrected chi connectivity index (χ0v) is 10.5. The van der Waals surface area contributed by atoms with Gasteiger partial charge in [-0.2, -0.15) is 0 Å². The number of fused-ring (bicyclic) bond motifs is 1. The molecule has 0 saturated heterocycles. The molecule has 1 aromatic carbocycles. The van der Waals surface area contributed by atoms with E-state index in [0.29, 0.717) is 5.56 Å². The van der Waals surface area contributed by atoms with Gasteiger partial charge in [-0.25, -0.2) is 4.98 Å². The number of carbonyl (C=O) groups excluding carboxylic acids is 1. The Bertz CT molecular complexity index is 746. The molecule has 0 fully saturated rings. The van der Waals surface area contributed by atoms with Crippen LogP contribution < -0.4 is 5.32 Å². The summed E-state index contributed by atoms with van der Waals surface area (Å²) in [6.45, 7) is 0. The number of nitrogens with one attached hydrogen (secondary N) is 2. The van der Waals surface area contributed by atoms with Gasteiger partial charge in [-0.1, -0.05) is 12.1 Å². The first-order valence-corrected chi connectivity index (χ1v) is 6.04. The number of carbonyl (C=O) groups is 1. The Morgan fingerprint density at radius 1 is 1.26 bits per heavy atom. The number of benzene rings is 1. The molecule has 2 N–H and O–H groups in total. The molecule has 0 saturated carbocycles. The fraction of sp³-hybridized carbons (Fsp3) is 0.0667. The van der Waals surface area contributed by atoms with Crippen LogP contribution >= 0.6 is 0 Å². The molecule has 4 nitrogen and oxygen atoms in total. The van der Waals surface area contributed by atoms with Gasteiger partial charge in [0, 0.05) is 30.4 Å². The Morgan fingerprint density at radius 3 is 3.00 bits per heavy atom. The fourth-order valence-corrected chi connectivity index (χ4v) is 2.18. The number of amides is 1. The first-order chi connectivity index (χ1) is 9.29. The van der Waals surface area contributed by atoms with Crippen molar-refractivity contribution in [2.24, 2.45) is 0 Å². The molecule has 3 rings (SSSR count). The first-order valence-electron chi connectivity index (χ1n) is 6.04. The summed E-state index contributed by atoms with van der Waals surface area (Å²) >= 11 is 0. The summed E-state index contributed by atoms with van der Waals surface area (Å²) in [4.78, 5) is 19.0. The van der Waals surface area contributed by atoms with Crippen LogP contribution in [0.3, 0.4) is 0 Å². The highest BCUT2D eigenvalue weighted by atomic mass is 16.1. The monoisotopic (exact) mass is 251 g/mol. The van der Waals surface area contributed by atoms with E-state index in [1.165, 1.54) is 0 Å². The third-order valence-electron chi connectivity index (χ3n) is 3.12. The van der Waals surface area contributed by atoms with Crippen LogP contribution in [0.25, 0.3) is 22.2 Å². The highest BCUT2D eigenvalue weighted by Gasteiger charge is 2.08. The predicted octanol–water partition coefficient (Wildman–Crippen LogP) is 2.59. The van der Waals surface area contributed by atoms with E-state index in [1.807, 2.05) is 36.5 Å². The van der Waals surface area contributed by atoms with Gasteiger partial charge in [0.25, 0.3) is 5.91 Å². The molecule has 0 aliphatic carbocycles. The fourth-order valence-electron chi connectivity index (χ4n) is 2.18. The van der Waals surface area contributed by atoms with E-state index < -0.39 is 0 Å². The first kappa shape index (κ1) is 11.5. The van der Waals surface area contributed by atoms with E-state index >= 15 is 0 Å². The van der Waals surface area contributed by atoms with Crippen LogP contribution in [0.5, 0.6) is 0 Å². The molecule has 2 aromatic heterocycles. The summed E-state index contributed by atoms with van der Waals surface area (Å²) in [6, 6.07) is 11.5. The van der Waals surface area contributed by atoms with Crippen molar-refractivity contribution in [2.45, 2.75) is 0 Å². The maximum absolute atomic E-state index is 11.7. The summed E-state index contributed by atoms with van der Waals surface area (Å²) in [5.74, 6) is -0.0822. The second-order valence-electron chi connectivity index (χ2n) is 4.26. The van der Waals surface area contributed by atoms with Gasteiger partial charge in [-0.15, -0.1) is 0 Å². The molecular weight excluding hydrogens is 238 g/mol. The summed E-state index contributed by atoms with van der Waals surface area (Å²) in [5, 5.41) is 3.69. The van der Waals surface area contributed by atoms with Crippen LogP contribution in [0.2, 0.25) is 0 Å². The van der Waals surface area contributed by atoms with Crippen LogP contribution in [-0.4, -0.2) is 22.9 Å². The number of aromatic amines is 1. The second-order valence-corrected chi connectivity index (χ2v) is 4.26. The van der Waals surface area contributed by atoms with Gasteiger partial charge < -0.3 is 10.3 Å². The Labute approximate surface area is 110 Å². The quantitative estimate of drug-likeness (QED) is 0.735. The third-order valence-corrected chi connectivity index (χ3v) is 3.12. The minimum Gasteiger partial charge on any atom is -0.355 e. The van der Waals surface area contributed by atoms with E-state index in [9.17, 15) is 4.79 Å². The van der Waals surface area contributed by atoms with Gasteiger partial charge >= 0.3 is 0 Å². The Morgan fingerprint density at radius 2 is 2.16 bits per heavy atom. The van der Waals surface area contributed by atoms with Gasteiger partial charge in [0.1, 0.15) is 5.65 Å². The van der Waals surface area contributed by atoms with Gasteiger partial charge in [-0.3, -0.25) is 4.79 Å². The van der Waals surface area contributed by atoms with Crippen molar-refractivity contribution in [1.82, 2.24) is 15.3 Å². The van der Waals surface area contributed by atoms with Gasteiger partial charge in [0.05, 0.1) is 0 Å². The average Bonchev–Trinajstić information content (AvgIpc) is 2.94. The largest absolute Gasteiger partial charge is 0.355 e. The van der Waals surface area contributed by atoms with Crippen LogP contribution in [0.4, 0.5) is 0 Å². The molecule has 0 bridgehead atoms. The molecular formula is C15H13N3O. The molecule has 4 heteroatoms. The van der Waals surface area contributed by atoms with Gasteiger partial charge in [0.2, 0.25) is 0 Å². The molecule has 94 valence electrons. The summed E-state index contributed by atoms with van der Waals surface area (Å²) in [6.07, 6.45) is 3.63. The lowest BCUT2D eigenvalue weighted by atomic mass is 10.0. The molecule has 0 aliphatic rings. The third kappa shape index (κ3) is 1.97. The van der Waals surface area contributed by atoms with Crippen molar-refractivity contribution in [3.05, 3.63) is 54.4 Å². The van der Waals surface area contributed by atoms with Crippen molar-refractivity contribution < 1.29 is 4.79 Å². The molecule has 3 aromatic rings. The lowest BCUT2D eigenvalue weighted by molar-refractivity contribution is 0.0963. The predicted molar refractivity (Wildman–Crippen MR) is 74.9 cm³/mol. The molecule has 1 amide bonds. The molecule has 0 spiro atoms. The van der Waals surface area contributed by atoms with E-state index in [0.717, 1.165) is 22.2 Å². The zero-order chi connectivity index (χ0) is 13.2. The van der Waals surface area contributed by atoms with E-state index in [1.54, 1.807) is 19.3 Å². The maximum Gasteiger partial charge on any atom is 0.251 e. The summed E-state index contributed by atoms with van der Waals surface area (Å²) in [5.41, 5.74) is 3.58. The van der Waals surface area contributed by atoms with Crippen LogP contribution in [0, 0.1) is 0 Å². The van der Waals surface area contributed by atoms with Crippen LogP contribution in [0.15, 0.2) is 48.8 Å². The molecule has 0 atom stereocenters. The highest BCUT2D eigenvalue weighted by Crippen LogP contribution is 2.27. The Kier molecular flexibility index (Phi) is 2.76. The molecule has 0 radical (unpaired) electrons. The summed E-state index contributed by atoms with van der Waals surface area (Å²) < 4.78 is 0. The normalized spacial score (nSPS) is 10.6. The number of rotatable bonds is 2. The SMILES string of the molecule is CNC(=O)c1cccc(-c2ccnc3[nH]ccc23)c1. The highest BCUT2D eigenvalue weighted by molar-refractivity contribution is 5.98. The van der Waals surface area contributed by atoms with Crippen molar-refractivity contribution in [2.75, 3.05) is 7.05 Å². The van der Waals surface area contributed by atoms with Crippen LogP contribution in [0.1, 0.15) is 10.4 Å². The Hall–Kier alpha value is -2.62. The van der Waals surface area contributed by atoms with E-state index in [-0.39, 0.29) is 5.91 Å². The van der Waals surface area contributed by atoms with E-state index in [4.69, 9.17) is 0 Å². The van der Waals surface area contributed by atoms with Crippen LogP contribution in [-0.2, 0) is 0 Å². The molecule has 2 heterocycles. The lowest BCUT2D eigenvalue weighted by Gasteiger charge is -2.06. The van der Waals surface area contributed by atoms with Gasteiger partial charge in [-0.05, 0) is 35.4 Å². The lowest BCUT2D eigenvalue weighted by Crippen LogP contribution is -2.17. The number of nitrogens with zero attached hydrogens (tertiary/aromatic N) is 1. The Balaban J connectivity index is 2.16. The van der Waals surface area contributed by atoms with Crippen molar-refractivity contribution in [3.63, 3.8) is 0 Å². The van der Waals surface area contributed by atoms with E-state index in [2.05, 4.69) is 15.3 Å². The molecule has 0 unspecified atom stereocenters. The smallest absolute Gasteiger partial charge is 0.251 e. The maximum atomic E-state index is 11.7. The zero-order valence-electron chi connectivity index (χ0n) is 10.5.